The van der Waals surface area contributed by atoms with Crippen LogP contribution in [0, 0.1) is 0 Å². The van der Waals surface area contributed by atoms with E-state index in [2.05, 4.69) is 74.2 Å². The van der Waals surface area contributed by atoms with Gasteiger partial charge in [-0.05, 0) is 23.6 Å². The molecule has 0 heterocycles. The molecule has 0 aliphatic carbocycles. The Kier molecular flexibility index (Phi) is 3.81. The molecule has 1 unspecified atom stereocenters. The molecule has 0 saturated carbocycles. The predicted molar refractivity (Wildman–Crippen MR) is 80.1 cm³/mol. The number of hydrogen-bond acceptors (Lipinski definition) is 1. The standard InChI is InChI=1S/C15H18NP/c1-16(2)14-10-6-4-8-12(14)13-9-5-7-11-15(13)17-3/h4-11,17H,1-3H3. The van der Waals surface area contributed by atoms with E-state index in [0.717, 1.165) is 8.58 Å². The van der Waals surface area contributed by atoms with E-state index in [1.807, 2.05) is 0 Å². The molecular formula is C15H18NP. The molecule has 2 rings (SSSR count). The van der Waals surface area contributed by atoms with E-state index >= 15 is 0 Å². The van der Waals surface area contributed by atoms with E-state index in [1.165, 1.54) is 22.1 Å². The number of nitrogens with zero attached hydrogens (tertiary/aromatic N) is 1. The average Bonchev–Trinajstić information content (AvgIpc) is 2.38. The zero-order valence-electron chi connectivity index (χ0n) is 10.6. The van der Waals surface area contributed by atoms with Crippen molar-refractivity contribution in [2.75, 3.05) is 25.7 Å². The van der Waals surface area contributed by atoms with Gasteiger partial charge in [-0.2, -0.15) is 0 Å². The Morgan fingerprint density at radius 2 is 1.41 bits per heavy atom. The van der Waals surface area contributed by atoms with Crippen LogP contribution in [-0.2, 0) is 0 Å². The van der Waals surface area contributed by atoms with Gasteiger partial charge in [-0.25, -0.2) is 0 Å². The number of para-hydroxylation sites is 1. The SMILES string of the molecule is CPc1ccccc1-c1ccccc1N(C)C. The lowest BCUT2D eigenvalue weighted by Gasteiger charge is -2.19. The summed E-state index contributed by atoms with van der Waals surface area (Å²) in [5.74, 6) is 0. The summed E-state index contributed by atoms with van der Waals surface area (Å²) < 4.78 is 0. The van der Waals surface area contributed by atoms with Crippen LogP contribution >= 0.6 is 8.58 Å². The van der Waals surface area contributed by atoms with Gasteiger partial charge in [0.2, 0.25) is 0 Å². The van der Waals surface area contributed by atoms with Crippen molar-refractivity contribution < 1.29 is 0 Å². The molecule has 2 heteroatoms. The Morgan fingerprint density at radius 1 is 0.824 bits per heavy atom. The van der Waals surface area contributed by atoms with Crippen molar-refractivity contribution in [3.05, 3.63) is 48.5 Å². The number of hydrogen-bond donors (Lipinski definition) is 0. The van der Waals surface area contributed by atoms with Crippen LogP contribution in [-0.4, -0.2) is 20.8 Å². The van der Waals surface area contributed by atoms with Crippen molar-refractivity contribution in [3.8, 4) is 11.1 Å². The summed E-state index contributed by atoms with van der Waals surface area (Å²) in [6, 6.07) is 17.3. The monoisotopic (exact) mass is 243 g/mol. The van der Waals surface area contributed by atoms with Gasteiger partial charge in [0.05, 0.1) is 0 Å². The van der Waals surface area contributed by atoms with E-state index < -0.39 is 0 Å². The minimum absolute atomic E-state index is 0.826. The smallest absolute Gasteiger partial charge is 0.0440 e. The summed E-state index contributed by atoms with van der Waals surface area (Å²) in [6.07, 6.45) is 0. The second-order valence-corrected chi connectivity index (χ2v) is 5.25. The van der Waals surface area contributed by atoms with Crippen molar-refractivity contribution in [1.82, 2.24) is 0 Å². The molecule has 0 amide bonds. The lowest BCUT2D eigenvalue weighted by atomic mass is 10.0. The van der Waals surface area contributed by atoms with Gasteiger partial charge in [-0.1, -0.05) is 51.0 Å². The first-order chi connectivity index (χ1) is 8.24. The lowest BCUT2D eigenvalue weighted by molar-refractivity contribution is 1.13. The van der Waals surface area contributed by atoms with Crippen molar-refractivity contribution in [2.45, 2.75) is 0 Å². The predicted octanol–water partition coefficient (Wildman–Crippen LogP) is 3.35. The maximum absolute atomic E-state index is 2.23. The van der Waals surface area contributed by atoms with Gasteiger partial charge in [-0.3, -0.25) is 0 Å². The van der Waals surface area contributed by atoms with E-state index in [-0.39, 0.29) is 0 Å². The quantitative estimate of drug-likeness (QED) is 0.747. The number of anilines is 1. The van der Waals surface area contributed by atoms with E-state index in [9.17, 15) is 0 Å². The topological polar surface area (TPSA) is 3.24 Å². The van der Waals surface area contributed by atoms with Gasteiger partial charge in [-0.15, -0.1) is 0 Å². The molecule has 0 aliphatic rings. The largest absolute Gasteiger partial charge is 0.377 e. The molecule has 1 nitrogen and oxygen atoms in total. The fourth-order valence-electron chi connectivity index (χ4n) is 2.03. The minimum Gasteiger partial charge on any atom is -0.377 e. The molecular weight excluding hydrogens is 225 g/mol. The molecule has 0 aliphatic heterocycles. The molecule has 0 radical (unpaired) electrons. The van der Waals surface area contributed by atoms with Gasteiger partial charge >= 0.3 is 0 Å². The minimum atomic E-state index is 0.826. The molecule has 2 aromatic carbocycles. The summed E-state index contributed by atoms with van der Waals surface area (Å²) in [5.41, 5.74) is 3.96. The van der Waals surface area contributed by atoms with Crippen LogP contribution in [0.5, 0.6) is 0 Å². The Balaban J connectivity index is 2.60. The Morgan fingerprint density at radius 3 is 2.06 bits per heavy atom. The second kappa shape index (κ2) is 5.33. The van der Waals surface area contributed by atoms with Crippen LogP contribution in [0.2, 0.25) is 0 Å². The Bertz CT molecular complexity index is 506. The first-order valence-electron chi connectivity index (χ1n) is 5.77. The van der Waals surface area contributed by atoms with Crippen LogP contribution < -0.4 is 10.2 Å². The third-order valence-corrected chi connectivity index (χ3v) is 3.85. The molecule has 0 saturated heterocycles. The summed E-state index contributed by atoms with van der Waals surface area (Å²) in [6.45, 7) is 2.23. The number of rotatable bonds is 3. The van der Waals surface area contributed by atoms with Crippen LogP contribution in [0.3, 0.4) is 0 Å². The van der Waals surface area contributed by atoms with Gasteiger partial charge in [0.25, 0.3) is 0 Å². The maximum Gasteiger partial charge on any atom is 0.0440 e. The first-order valence-corrected chi connectivity index (χ1v) is 7.27. The molecule has 0 aromatic heterocycles. The summed E-state index contributed by atoms with van der Waals surface area (Å²) in [4.78, 5) is 2.17. The van der Waals surface area contributed by atoms with Crippen molar-refractivity contribution in [3.63, 3.8) is 0 Å². The van der Waals surface area contributed by atoms with E-state index in [4.69, 9.17) is 0 Å². The molecule has 0 spiro atoms. The molecule has 0 bridgehead atoms. The average molecular weight is 243 g/mol. The second-order valence-electron chi connectivity index (χ2n) is 4.21. The molecule has 0 N–H and O–H groups in total. The Hall–Kier alpha value is -1.33. The van der Waals surface area contributed by atoms with Crippen molar-refractivity contribution in [1.29, 1.82) is 0 Å². The van der Waals surface area contributed by atoms with Gasteiger partial charge < -0.3 is 4.90 Å². The summed E-state index contributed by atoms with van der Waals surface area (Å²) in [7, 11) is 5.01. The first kappa shape index (κ1) is 12.1. The highest BCUT2D eigenvalue weighted by Crippen LogP contribution is 2.30. The van der Waals surface area contributed by atoms with E-state index in [0.29, 0.717) is 0 Å². The van der Waals surface area contributed by atoms with Gasteiger partial charge in [0, 0.05) is 25.3 Å². The van der Waals surface area contributed by atoms with Gasteiger partial charge in [0.1, 0.15) is 0 Å². The summed E-state index contributed by atoms with van der Waals surface area (Å²) >= 11 is 0. The van der Waals surface area contributed by atoms with Gasteiger partial charge in [0.15, 0.2) is 0 Å². The van der Waals surface area contributed by atoms with Crippen molar-refractivity contribution in [2.24, 2.45) is 0 Å². The normalized spacial score (nSPS) is 11.0. The highest BCUT2D eigenvalue weighted by atomic mass is 31.1. The Labute approximate surface area is 105 Å². The maximum atomic E-state index is 2.23. The summed E-state index contributed by atoms with van der Waals surface area (Å²) in [5, 5.41) is 1.43. The van der Waals surface area contributed by atoms with Crippen LogP contribution in [0.4, 0.5) is 5.69 Å². The molecule has 2 aromatic rings. The molecule has 88 valence electrons. The number of benzene rings is 2. The zero-order valence-corrected chi connectivity index (χ0v) is 11.6. The highest BCUT2D eigenvalue weighted by Gasteiger charge is 2.08. The third kappa shape index (κ3) is 2.50. The fourth-order valence-corrected chi connectivity index (χ4v) is 2.78. The lowest BCUT2D eigenvalue weighted by Crippen LogP contribution is -2.11. The molecule has 1 atom stereocenters. The van der Waals surface area contributed by atoms with E-state index in [1.54, 1.807) is 0 Å². The highest BCUT2D eigenvalue weighted by molar-refractivity contribution is 7.46. The fraction of sp³-hybridized carbons (Fsp3) is 0.200. The third-order valence-electron chi connectivity index (χ3n) is 2.87. The zero-order chi connectivity index (χ0) is 12.3. The molecule has 0 fully saturated rings. The van der Waals surface area contributed by atoms with Crippen molar-refractivity contribution >= 4 is 19.6 Å². The molecule has 17 heavy (non-hydrogen) atoms. The van der Waals surface area contributed by atoms with Crippen LogP contribution in [0.25, 0.3) is 11.1 Å². The van der Waals surface area contributed by atoms with Crippen LogP contribution in [0.15, 0.2) is 48.5 Å². The van der Waals surface area contributed by atoms with Crippen LogP contribution in [0.1, 0.15) is 0 Å².